The van der Waals surface area contributed by atoms with Gasteiger partial charge in [0.2, 0.25) is 0 Å². The average molecular weight is 461 g/mol. The highest BCUT2D eigenvalue weighted by atomic mass is 16.6. The molecule has 7 heteroatoms. The van der Waals surface area contributed by atoms with E-state index in [0.29, 0.717) is 22.5 Å². The zero-order valence-electron chi connectivity index (χ0n) is 20.9. The molecule has 0 spiro atoms. The first-order chi connectivity index (χ1) is 16.5. The maximum absolute atomic E-state index is 13.4. The minimum Gasteiger partial charge on any atom is -0.339 e. The van der Waals surface area contributed by atoms with E-state index >= 15 is 0 Å². The molecule has 0 bridgehead atoms. The SMILES string of the molecule is C/C=C\C(=C/C)n1nc(-c2ccc([N+](=O)[O-])cc2)c2c3ccccc3n(C)c2c1=O.CC.CC. The molecular formula is C27H32N4O3. The van der Waals surface area contributed by atoms with Crippen LogP contribution in [0.2, 0.25) is 0 Å². The molecule has 0 aliphatic heterocycles. The van der Waals surface area contributed by atoms with Gasteiger partial charge in [0, 0.05) is 41.0 Å². The third kappa shape index (κ3) is 4.69. The Labute approximate surface area is 199 Å². The van der Waals surface area contributed by atoms with Crippen molar-refractivity contribution in [3.05, 3.63) is 87.2 Å². The van der Waals surface area contributed by atoms with E-state index < -0.39 is 4.92 Å². The highest BCUT2D eigenvalue weighted by molar-refractivity contribution is 6.13. The summed E-state index contributed by atoms with van der Waals surface area (Å²) in [7, 11) is 1.86. The number of aryl methyl sites for hydroxylation is 1. The standard InChI is InChI=1S/C23H20N4O3.2C2H6/c1-4-8-16(5-2)26-23(28)22-20(18-9-6-7-10-19(18)25(22)3)21(24-26)15-11-13-17(14-12-15)27(29)30;2*1-2/h4-14H,1-3H3;2*1-2H3/b8-4-,16-5+;;. The van der Waals surface area contributed by atoms with Crippen LogP contribution >= 0.6 is 0 Å². The summed E-state index contributed by atoms with van der Waals surface area (Å²) in [5, 5.41) is 17.4. The molecule has 0 N–H and O–H groups in total. The van der Waals surface area contributed by atoms with E-state index in [1.54, 1.807) is 12.1 Å². The molecule has 0 saturated heterocycles. The summed E-state index contributed by atoms with van der Waals surface area (Å²) in [5.74, 6) is 0. The number of hydrogen-bond donors (Lipinski definition) is 0. The Hall–Kier alpha value is -4.00. The fourth-order valence-corrected chi connectivity index (χ4v) is 3.76. The normalized spacial score (nSPS) is 11.2. The quantitative estimate of drug-likeness (QED) is 0.187. The first-order valence-corrected chi connectivity index (χ1v) is 11.5. The molecule has 0 saturated carbocycles. The first-order valence-electron chi connectivity index (χ1n) is 11.5. The van der Waals surface area contributed by atoms with Gasteiger partial charge in [-0.05, 0) is 38.1 Å². The highest BCUT2D eigenvalue weighted by Gasteiger charge is 2.21. The Balaban J connectivity index is 0.000000970. The van der Waals surface area contributed by atoms with E-state index in [1.165, 1.54) is 16.8 Å². The Bertz CT molecular complexity index is 1410. The van der Waals surface area contributed by atoms with Crippen LogP contribution in [0, 0.1) is 10.1 Å². The predicted molar refractivity (Wildman–Crippen MR) is 142 cm³/mol. The molecule has 7 nitrogen and oxygen atoms in total. The molecule has 0 aliphatic carbocycles. The van der Waals surface area contributed by atoms with Crippen LogP contribution in [0.25, 0.3) is 38.8 Å². The maximum atomic E-state index is 13.4. The van der Waals surface area contributed by atoms with Gasteiger partial charge in [-0.15, -0.1) is 0 Å². The van der Waals surface area contributed by atoms with Crippen molar-refractivity contribution >= 4 is 33.2 Å². The molecule has 34 heavy (non-hydrogen) atoms. The summed E-state index contributed by atoms with van der Waals surface area (Å²) < 4.78 is 3.26. The molecule has 0 amide bonds. The molecule has 0 atom stereocenters. The smallest absolute Gasteiger partial charge is 0.296 e. The van der Waals surface area contributed by atoms with Crippen LogP contribution in [0.3, 0.4) is 0 Å². The number of allylic oxidation sites excluding steroid dienone is 4. The highest BCUT2D eigenvalue weighted by Crippen LogP contribution is 2.34. The molecular weight excluding hydrogens is 428 g/mol. The third-order valence-electron chi connectivity index (χ3n) is 5.17. The van der Waals surface area contributed by atoms with E-state index in [-0.39, 0.29) is 11.2 Å². The van der Waals surface area contributed by atoms with Gasteiger partial charge < -0.3 is 4.57 Å². The molecule has 0 unspecified atom stereocenters. The van der Waals surface area contributed by atoms with E-state index in [9.17, 15) is 14.9 Å². The van der Waals surface area contributed by atoms with Crippen LogP contribution in [-0.2, 0) is 7.05 Å². The van der Waals surface area contributed by atoms with Crippen molar-refractivity contribution in [2.75, 3.05) is 0 Å². The number of non-ortho nitro benzene ring substituents is 1. The molecule has 0 radical (unpaired) electrons. The molecule has 4 aromatic rings. The molecule has 2 heterocycles. The fraction of sp³-hybridized carbons (Fsp3) is 0.259. The zero-order chi connectivity index (χ0) is 25.4. The maximum Gasteiger partial charge on any atom is 0.296 e. The first kappa shape index (κ1) is 26.3. The number of nitrogens with zero attached hydrogens (tertiary/aromatic N) is 4. The van der Waals surface area contributed by atoms with Crippen molar-refractivity contribution in [3.63, 3.8) is 0 Å². The van der Waals surface area contributed by atoms with Gasteiger partial charge in [-0.3, -0.25) is 14.9 Å². The van der Waals surface area contributed by atoms with Crippen molar-refractivity contribution < 1.29 is 4.92 Å². The second kappa shape index (κ2) is 11.7. The zero-order valence-corrected chi connectivity index (χ0v) is 20.9. The molecule has 178 valence electrons. The van der Waals surface area contributed by atoms with E-state index in [4.69, 9.17) is 5.10 Å². The summed E-state index contributed by atoms with van der Waals surface area (Å²) in [6, 6.07) is 14.0. The van der Waals surface area contributed by atoms with E-state index in [1.807, 2.05) is 95.7 Å². The third-order valence-corrected chi connectivity index (χ3v) is 5.17. The molecule has 4 rings (SSSR count). The summed E-state index contributed by atoms with van der Waals surface area (Å²) in [6.45, 7) is 11.7. The number of fused-ring (bicyclic) bond motifs is 3. The number of hydrogen-bond acceptors (Lipinski definition) is 4. The van der Waals surface area contributed by atoms with Crippen LogP contribution in [0.4, 0.5) is 5.69 Å². The molecule has 2 aromatic heterocycles. The lowest BCUT2D eigenvalue weighted by Crippen LogP contribution is -2.24. The van der Waals surface area contributed by atoms with Crippen LogP contribution in [-0.4, -0.2) is 19.3 Å². The Morgan fingerprint density at radius 1 is 1.00 bits per heavy atom. The van der Waals surface area contributed by atoms with Crippen LogP contribution in [0.15, 0.2) is 71.6 Å². The number of nitro groups is 1. The lowest BCUT2D eigenvalue weighted by molar-refractivity contribution is -0.384. The second-order valence-corrected chi connectivity index (χ2v) is 6.88. The van der Waals surface area contributed by atoms with Gasteiger partial charge in [-0.2, -0.15) is 9.78 Å². The Morgan fingerprint density at radius 3 is 2.18 bits per heavy atom. The minimum absolute atomic E-state index is 0.00398. The summed E-state index contributed by atoms with van der Waals surface area (Å²) in [4.78, 5) is 24.1. The van der Waals surface area contributed by atoms with Crippen molar-refractivity contribution in [2.24, 2.45) is 7.05 Å². The summed E-state index contributed by atoms with van der Waals surface area (Å²) in [6.07, 6.45) is 5.49. The van der Waals surface area contributed by atoms with Gasteiger partial charge in [0.25, 0.3) is 11.2 Å². The van der Waals surface area contributed by atoms with Gasteiger partial charge in [0.1, 0.15) is 11.2 Å². The van der Waals surface area contributed by atoms with Gasteiger partial charge in [-0.25, -0.2) is 0 Å². The summed E-state index contributed by atoms with van der Waals surface area (Å²) in [5.41, 5.74) is 3.18. The van der Waals surface area contributed by atoms with Crippen LogP contribution in [0.5, 0.6) is 0 Å². The summed E-state index contributed by atoms with van der Waals surface area (Å²) >= 11 is 0. The van der Waals surface area contributed by atoms with Crippen LogP contribution in [0.1, 0.15) is 41.5 Å². The van der Waals surface area contributed by atoms with Gasteiger partial charge >= 0.3 is 0 Å². The lowest BCUT2D eigenvalue weighted by Gasteiger charge is -2.11. The Morgan fingerprint density at radius 2 is 1.62 bits per heavy atom. The molecule has 2 aromatic carbocycles. The number of benzene rings is 2. The monoisotopic (exact) mass is 460 g/mol. The van der Waals surface area contributed by atoms with Gasteiger partial charge in [-0.1, -0.05) is 58.0 Å². The predicted octanol–water partition coefficient (Wildman–Crippen LogP) is 6.95. The number of aromatic nitrogens is 3. The minimum atomic E-state index is -0.435. The lowest BCUT2D eigenvalue weighted by atomic mass is 10.1. The van der Waals surface area contributed by atoms with Gasteiger partial charge in [0.15, 0.2) is 0 Å². The number of para-hydroxylation sites is 1. The van der Waals surface area contributed by atoms with Crippen LogP contribution < -0.4 is 5.56 Å². The van der Waals surface area contributed by atoms with Crippen molar-refractivity contribution in [1.29, 1.82) is 0 Å². The van der Waals surface area contributed by atoms with Gasteiger partial charge in [0.05, 0.1) is 10.6 Å². The van der Waals surface area contributed by atoms with Crippen molar-refractivity contribution in [2.45, 2.75) is 41.5 Å². The fourth-order valence-electron chi connectivity index (χ4n) is 3.76. The average Bonchev–Trinajstić information content (AvgIpc) is 3.19. The van der Waals surface area contributed by atoms with Crippen molar-refractivity contribution in [3.8, 4) is 11.3 Å². The van der Waals surface area contributed by atoms with E-state index in [0.717, 1.165) is 16.3 Å². The topological polar surface area (TPSA) is 83.0 Å². The van der Waals surface area contributed by atoms with Crippen molar-refractivity contribution in [1.82, 2.24) is 14.3 Å². The molecule has 0 fully saturated rings. The largest absolute Gasteiger partial charge is 0.339 e. The number of rotatable bonds is 4. The Kier molecular flexibility index (Phi) is 9.07. The molecule has 0 aliphatic rings. The van der Waals surface area contributed by atoms with E-state index in [2.05, 4.69) is 0 Å². The second-order valence-electron chi connectivity index (χ2n) is 6.88. The number of nitro benzene ring substituents is 1.